The summed E-state index contributed by atoms with van der Waals surface area (Å²) in [6.07, 6.45) is 0. The number of ether oxygens (including phenoxy) is 1. The van der Waals surface area contributed by atoms with Gasteiger partial charge in [-0.15, -0.1) is 0 Å². The topological polar surface area (TPSA) is 66.8 Å². The third-order valence-corrected chi connectivity index (χ3v) is 4.24. The van der Waals surface area contributed by atoms with Gasteiger partial charge in [-0.2, -0.15) is 0 Å². The average molecular weight is 325 g/mol. The molecular formula is C19H19NO4. The number of Topliss-reactive ketones (excluding diaryl/α,β-unsaturated/α-hetero) is 2. The first-order chi connectivity index (χ1) is 11.4. The Hall–Kier alpha value is -2.66. The summed E-state index contributed by atoms with van der Waals surface area (Å²) in [4.78, 5) is 27.4. The molecule has 0 aromatic heterocycles. The second-order valence-electron chi connectivity index (χ2n) is 5.92. The van der Waals surface area contributed by atoms with Crippen LogP contribution in [-0.4, -0.2) is 37.4 Å². The minimum Gasteiger partial charge on any atom is -0.493 e. The highest BCUT2D eigenvalue weighted by molar-refractivity contribution is 6.32. The lowest BCUT2D eigenvalue weighted by atomic mass is 9.88. The number of hydrogen-bond donors (Lipinski definition) is 1. The lowest BCUT2D eigenvalue weighted by Gasteiger charge is -2.24. The van der Waals surface area contributed by atoms with Crippen LogP contribution < -0.4 is 9.64 Å². The van der Waals surface area contributed by atoms with E-state index in [1.54, 1.807) is 42.5 Å². The van der Waals surface area contributed by atoms with E-state index in [0.29, 0.717) is 12.4 Å². The molecule has 0 heterocycles. The molecule has 0 saturated carbocycles. The van der Waals surface area contributed by atoms with E-state index in [2.05, 4.69) is 0 Å². The molecular weight excluding hydrogens is 306 g/mol. The Kier molecular flexibility index (Phi) is 3.89. The van der Waals surface area contributed by atoms with E-state index in [9.17, 15) is 14.7 Å². The summed E-state index contributed by atoms with van der Waals surface area (Å²) in [6, 6.07) is 11.5. The molecule has 0 aliphatic heterocycles. The third kappa shape index (κ3) is 2.20. The second-order valence-corrected chi connectivity index (χ2v) is 5.92. The molecule has 1 aliphatic carbocycles. The predicted octanol–water partition coefficient (Wildman–Crippen LogP) is 2.42. The van der Waals surface area contributed by atoms with Crippen molar-refractivity contribution in [1.82, 2.24) is 0 Å². The highest BCUT2D eigenvalue weighted by Gasteiger charge is 2.54. The highest BCUT2D eigenvalue weighted by atomic mass is 16.5. The molecule has 2 aromatic rings. The zero-order chi connectivity index (χ0) is 17.5. The van der Waals surface area contributed by atoms with E-state index < -0.39 is 17.2 Å². The lowest BCUT2D eigenvalue weighted by molar-refractivity contribution is 0.0311. The maximum atomic E-state index is 12.8. The monoisotopic (exact) mass is 325 g/mol. The third-order valence-electron chi connectivity index (χ3n) is 4.24. The van der Waals surface area contributed by atoms with Crippen molar-refractivity contribution in [1.29, 1.82) is 0 Å². The van der Waals surface area contributed by atoms with Gasteiger partial charge in [-0.3, -0.25) is 9.59 Å². The Morgan fingerprint density at radius 2 is 1.62 bits per heavy atom. The Morgan fingerprint density at radius 1 is 1.04 bits per heavy atom. The van der Waals surface area contributed by atoms with Crippen LogP contribution in [0.2, 0.25) is 0 Å². The number of fused-ring (bicyclic) bond motifs is 1. The molecule has 0 bridgehead atoms. The number of nitrogens with zero attached hydrogens (tertiary/aromatic N) is 1. The molecule has 1 N–H and O–H groups in total. The molecule has 0 spiro atoms. The van der Waals surface area contributed by atoms with Crippen LogP contribution in [0.1, 0.15) is 33.2 Å². The van der Waals surface area contributed by atoms with Crippen LogP contribution in [0.15, 0.2) is 42.5 Å². The van der Waals surface area contributed by atoms with Gasteiger partial charge in [0.2, 0.25) is 17.2 Å². The number of ketones is 2. The fourth-order valence-electron chi connectivity index (χ4n) is 2.98. The van der Waals surface area contributed by atoms with Crippen molar-refractivity contribution in [3.63, 3.8) is 0 Å². The van der Waals surface area contributed by atoms with Gasteiger partial charge in [0.05, 0.1) is 6.61 Å². The zero-order valence-corrected chi connectivity index (χ0v) is 13.9. The summed E-state index contributed by atoms with van der Waals surface area (Å²) >= 11 is 0. The van der Waals surface area contributed by atoms with Crippen molar-refractivity contribution in [2.45, 2.75) is 12.5 Å². The summed E-state index contributed by atoms with van der Waals surface area (Å²) in [5, 5.41) is 11.1. The van der Waals surface area contributed by atoms with Crippen molar-refractivity contribution in [2.24, 2.45) is 0 Å². The van der Waals surface area contributed by atoms with E-state index >= 15 is 0 Å². The summed E-state index contributed by atoms with van der Waals surface area (Å²) in [5.74, 6) is -0.885. The SMILES string of the molecule is CCOc1cc(N(C)C)ccc1C1(O)C(=O)c2ccccc2C1=O. The molecule has 24 heavy (non-hydrogen) atoms. The predicted molar refractivity (Wildman–Crippen MR) is 90.9 cm³/mol. The van der Waals surface area contributed by atoms with E-state index in [-0.39, 0.29) is 16.7 Å². The van der Waals surface area contributed by atoms with Crippen LogP contribution >= 0.6 is 0 Å². The smallest absolute Gasteiger partial charge is 0.220 e. The summed E-state index contributed by atoms with van der Waals surface area (Å²) in [5.41, 5.74) is -0.727. The molecule has 5 heteroatoms. The molecule has 0 unspecified atom stereocenters. The van der Waals surface area contributed by atoms with Crippen LogP contribution in [0.25, 0.3) is 0 Å². The van der Waals surface area contributed by atoms with E-state index in [4.69, 9.17) is 4.74 Å². The Morgan fingerprint density at radius 3 is 2.12 bits per heavy atom. The number of rotatable bonds is 4. The molecule has 0 saturated heterocycles. The zero-order valence-electron chi connectivity index (χ0n) is 13.9. The number of aliphatic hydroxyl groups is 1. The normalized spacial score (nSPS) is 15.3. The molecule has 0 radical (unpaired) electrons. The van der Waals surface area contributed by atoms with E-state index in [0.717, 1.165) is 5.69 Å². The summed E-state index contributed by atoms with van der Waals surface area (Å²) in [7, 11) is 3.75. The quantitative estimate of drug-likeness (QED) is 0.875. The fourth-order valence-corrected chi connectivity index (χ4v) is 2.98. The molecule has 0 fully saturated rings. The van der Waals surface area contributed by atoms with Crippen LogP contribution in [0.5, 0.6) is 5.75 Å². The van der Waals surface area contributed by atoms with Crippen LogP contribution in [0.4, 0.5) is 5.69 Å². The minimum atomic E-state index is -2.24. The van der Waals surface area contributed by atoms with Gasteiger partial charge >= 0.3 is 0 Å². The Balaban J connectivity index is 2.18. The van der Waals surface area contributed by atoms with Gasteiger partial charge in [0, 0.05) is 42.5 Å². The maximum Gasteiger partial charge on any atom is 0.220 e. The lowest BCUT2D eigenvalue weighted by Crippen LogP contribution is -2.38. The first-order valence-corrected chi connectivity index (χ1v) is 7.77. The van der Waals surface area contributed by atoms with Crippen LogP contribution in [-0.2, 0) is 5.60 Å². The summed E-state index contributed by atoms with van der Waals surface area (Å²) in [6.45, 7) is 2.17. The van der Waals surface area contributed by atoms with Gasteiger partial charge in [0.1, 0.15) is 5.75 Å². The Labute approximate surface area is 140 Å². The first-order valence-electron chi connectivity index (χ1n) is 7.77. The van der Waals surface area contributed by atoms with Crippen LogP contribution in [0.3, 0.4) is 0 Å². The van der Waals surface area contributed by atoms with Crippen molar-refractivity contribution in [3.05, 3.63) is 59.2 Å². The van der Waals surface area contributed by atoms with E-state index in [1.165, 1.54) is 0 Å². The van der Waals surface area contributed by atoms with Gasteiger partial charge in [-0.25, -0.2) is 0 Å². The standard InChI is InChI=1S/C19H19NO4/c1-4-24-16-11-12(20(2)3)9-10-15(16)19(23)17(21)13-7-5-6-8-14(13)18(19)22/h5-11,23H,4H2,1-3H3. The van der Waals surface area contributed by atoms with Gasteiger partial charge in [-0.1, -0.05) is 24.3 Å². The van der Waals surface area contributed by atoms with Gasteiger partial charge in [-0.05, 0) is 19.1 Å². The van der Waals surface area contributed by atoms with Crippen molar-refractivity contribution in [2.75, 3.05) is 25.6 Å². The Bertz CT molecular complexity index is 791. The number of carbonyl (C=O) groups excluding carboxylic acids is 2. The van der Waals surface area contributed by atoms with Crippen molar-refractivity contribution < 1.29 is 19.4 Å². The number of anilines is 1. The molecule has 3 rings (SSSR count). The molecule has 0 amide bonds. The number of benzene rings is 2. The largest absolute Gasteiger partial charge is 0.493 e. The minimum absolute atomic E-state index is 0.182. The van der Waals surface area contributed by atoms with Crippen LogP contribution in [0, 0.1) is 0 Å². The first kappa shape index (κ1) is 16.2. The second kappa shape index (κ2) is 5.76. The highest BCUT2D eigenvalue weighted by Crippen LogP contribution is 2.42. The van der Waals surface area contributed by atoms with Crippen molar-refractivity contribution in [3.8, 4) is 5.75 Å². The number of hydrogen-bond acceptors (Lipinski definition) is 5. The van der Waals surface area contributed by atoms with Crippen molar-refractivity contribution >= 4 is 17.3 Å². The maximum absolute atomic E-state index is 12.8. The molecule has 0 atom stereocenters. The molecule has 2 aromatic carbocycles. The molecule has 1 aliphatic rings. The van der Waals surface area contributed by atoms with Gasteiger partial charge < -0.3 is 14.7 Å². The number of carbonyl (C=O) groups is 2. The molecule has 5 nitrogen and oxygen atoms in total. The fraction of sp³-hybridized carbons (Fsp3) is 0.263. The molecule has 124 valence electrons. The van der Waals surface area contributed by atoms with Gasteiger partial charge in [0.15, 0.2) is 0 Å². The van der Waals surface area contributed by atoms with Gasteiger partial charge in [0.25, 0.3) is 0 Å². The summed E-state index contributed by atoms with van der Waals surface area (Å²) < 4.78 is 5.61. The van der Waals surface area contributed by atoms with E-state index in [1.807, 2.05) is 25.9 Å². The average Bonchev–Trinajstić information content (AvgIpc) is 2.78.